The fourth-order valence-electron chi connectivity index (χ4n) is 2.70. The van der Waals surface area contributed by atoms with Crippen molar-refractivity contribution in [3.8, 4) is 11.5 Å². The average molecular weight is 386 g/mol. The summed E-state index contributed by atoms with van der Waals surface area (Å²) in [6.07, 6.45) is -0.0364. The molecule has 2 amide bonds. The van der Waals surface area contributed by atoms with Crippen molar-refractivity contribution in [3.63, 3.8) is 0 Å². The Kier molecular flexibility index (Phi) is 5.88. The molecule has 2 aromatic rings. The lowest BCUT2D eigenvalue weighted by atomic mass is 10.1. The molecule has 0 fully saturated rings. The minimum absolute atomic E-state index is 0.00518. The van der Waals surface area contributed by atoms with Gasteiger partial charge in [-0.15, -0.1) is 0 Å². The number of nitrogens with one attached hydrogen (secondary N) is 2. The van der Waals surface area contributed by atoms with E-state index in [0.29, 0.717) is 36.0 Å². The largest absolute Gasteiger partial charge is 0.486 e. The van der Waals surface area contributed by atoms with Gasteiger partial charge in [-0.05, 0) is 36.4 Å². The van der Waals surface area contributed by atoms with Crippen molar-refractivity contribution in [3.05, 3.63) is 47.8 Å². The van der Waals surface area contributed by atoms with E-state index in [2.05, 4.69) is 10.6 Å². The molecule has 1 aliphatic heterocycles. The number of hydrogen-bond acceptors (Lipinski definition) is 5. The van der Waals surface area contributed by atoms with Gasteiger partial charge in [0.1, 0.15) is 19.0 Å². The predicted molar refractivity (Wildman–Crippen MR) is 100 cm³/mol. The van der Waals surface area contributed by atoms with E-state index in [0.717, 1.165) is 6.07 Å². The summed E-state index contributed by atoms with van der Waals surface area (Å²) in [6, 6.07) is 8.74. The number of carbonyl (C=O) groups is 3. The number of benzene rings is 2. The molecule has 8 heteroatoms. The van der Waals surface area contributed by atoms with Crippen LogP contribution in [0, 0.1) is 5.82 Å². The maximum Gasteiger partial charge on any atom is 0.224 e. The summed E-state index contributed by atoms with van der Waals surface area (Å²) in [5.41, 5.74) is 0.728. The van der Waals surface area contributed by atoms with Gasteiger partial charge in [-0.2, -0.15) is 0 Å². The molecule has 7 nitrogen and oxygen atoms in total. The topological polar surface area (TPSA) is 93.7 Å². The fraction of sp³-hybridized carbons (Fsp3) is 0.250. The van der Waals surface area contributed by atoms with Gasteiger partial charge < -0.3 is 20.1 Å². The first-order valence-electron chi connectivity index (χ1n) is 8.72. The second-order valence-corrected chi connectivity index (χ2v) is 6.21. The zero-order chi connectivity index (χ0) is 20.1. The smallest absolute Gasteiger partial charge is 0.224 e. The Bertz CT molecular complexity index is 929. The number of carbonyl (C=O) groups excluding carboxylic acids is 3. The van der Waals surface area contributed by atoms with Crippen LogP contribution in [0.2, 0.25) is 0 Å². The summed E-state index contributed by atoms with van der Waals surface area (Å²) >= 11 is 0. The normalized spacial score (nSPS) is 12.2. The van der Waals surface area contributed by atoms with Crippen LogP contribution in [0.5, 0.6) is 11.5 Å². The third kappa shape index (κ3) is 4.85. The molecule has 1 aliphatic rings. The molecule has 0 unspecified atom stereocenters. The van der Waals surface area contributed by atoms with Crippen molar-refractivity contribution in [2.24, 2.45) is 0 Å². The first kappa shape index (κ1) is 19.3. The molecule has 0 saturated carbocycles. The molecule has 0 aliphatic carbocycles. The molecule has 0 atom stereocenters. The number of rotatable bonds is 6. The van der Waals surface area contributed by atoms with E-state index in [1.807, 2.05) is 0 Å². The van der Waals surface area contributed by atoms with E-state index >= 15 is 0 Å². The highest BCUT2D eigenvalue weighted by atomic mass is 19.1. The fourth-order valence-corrected chi connectivity index (χ4v) is 2.70. The molecule has 28 heavy (non-hydrogen) atoms. The van der Waals surface area contributed by atoms with Crippen LogP contribution < -0.4 is 20.1 Å². The van der Waals surface area contributed by atoms with Gasteiger partial charge in [0.05, 0.1) is 5.69 Å². The predicted octanol–water partition coefficient (Wildman–Crippen LogP) is 3.16. The molecule has 2 aromatic carbocycles. The zero-order valence-corrected chi connectivity index (χ0v) is 15.2. The lowest BCUT2D eigenvalue weighted by molar-refractivity contribution is -0.116. The van der Waals surface area contributed by atoms with Gasteiger partial charge in [-0.25, -0.2) is 4.39 Å². The number of halogens is 1. The van der Waals surface area contributed by atoms with Crippen LogP contribution in [0.4, 0.5) is 15.8 Å². The molecule has 0 aromatic heterocycles. The van der Waals surface area contributed by atoms with Crippen LogP contribution >= 0.6 is 0 Å². The van der Waals surface area contributed by atoms with E-state index in [-0.39, 0.29) is 24.3 Å². The summed E-state index contributed by atoms with van der Waals surface area (Å²) in [7, 11) is 0. The van der Waals surface area contributed by atoms with Gasteiger partial charge in [0.15, 0.2) is 17.3 Å². The molecule has 146 valence electrons. The van der Waals surface area contributed by atoms with Crippen LogP contribution in [0.3, 0.4) is 0 Å². The van der Waals surface area contributed by atoms with Crippen LogP contribution in [0.15, 0.2) is 36.4 Å². The Hall–Kier alpha value is -3.42. The Balaban J connectivity index is 1.57. The number of hydrogen-bond donors (Lipinski definition) is 2. The molecule has 0 radical (unpaired) electrons. The van der Waals surface area contributed by atoms with E-state index in [1.54, 1.807) is 18.2 Å². The molecular formula is C20H19FN2O5. The molecular weight excluding hydrogens is 367 g/mol. The molecule has 3 rings (SSSR count). The van der Waals surface area contributed by atoms with Crippen LogP contribution in [0.25, 0.3) is 0 Å². The lowest BCUT2D eigenvalue weighted by Gasteiger charge is -2.18. The van der Waals surface area contributed by atoms with Gasteiger partial charge in [0.25, 0.3) is 0 Å². The first-order valence-corrected chi connectivity index (χ1v) is 8.72. The van der Waals surface area contributed by atoms with E-state index in [1.165, 1.54) is 19.1 Å². The number of ether oxygens (including phenoxy) is 2. The Morgan fingerprint density at radius 1 is 0.964 bits per heavy atom. The van der Waals surface area contributed by atoms with Gasteiger partial charge in [-0.1, -0.05) is 0 Å². The molecule has 2 N–H and O–H groups in total. The van der Waals surface area contributed by atoms with Gasteiger partial charge in [-0.3, -0.25) is 14.4 Å². The summed E-state index contributed by atoms with van der Waals surface area (Å²) < 4.78 is 24.5. The van der Waals surface area contributed by atoms with Crippen LogP contribution in [-0.2, 0) is 9.59 Å². The summed E-state index contributed by atoms with van der Waals surface area (Å²) in [5, 5.41) is 4.93. The minimum Gasteiger partial charge on any atom is -0.486 e. The van der Waals surface area contributed by atoms with Gasteiger partial charge in [0.2, 0.25) is 11.8 Å². The average Bonchev–Trinajstić information content (AvgIpc) is 2.68. The minimum atomic E-state index is -0.609. The molecule has 1 heterocycles. The Morgan fingerprint density at radius 2 is 1.71 bits per heavy atom. The van der Waals surface area contributed by atoms with Gasteiger partial charge in [0, 0.05) is 31.0 Å². The number of Topliss-reactive ketones (excluding diaryl/α,β-unsaturated/α-hetero) is 1. The lowest BCUT2D eigenvalue weighted by Crippen LogP contribution is -2.16. The van der Waals surface area contributed by atoms with E-state index in [9.17, 15) is 18.8 Å². The third-order valence-electron chi connectivity index (χ3n) is 4.00. The third-order valence-corrected chi connectivity index (χ3v) is 4.00. The number of amides is 2. The standard InChI is InChI=1S/C20H19FN2O5/c1-12(24)22-16-11-14(3-4-15(16)21)23-20(26)7-5-17(25)13-2-6-18-19(10-13)28-9-8-27-18/h2-4,6,10-11H,5,7-9H2,1H3,(H,22,24)(H,23,26). The Labute approximate surface area is 160 Å². The number of ketones is 1. The molecule has 0 spiro atoms. The highest BCUT2D eigenvalue weighted by molar-refractivity contribution is 6.00. The van der Waals surface area contributed by atoms with E-state index < -0.39 is 17.6 Å². The van der Waals surface area contributed by atoms with Crippen molar-refractivity contribution < 1.29 is 28.2 Å². The summed E-state index contributed by atoms with van der Waals surface area (Å²) in [5.74, 6) is -0.531. The maximum atomic E-state index is 13.6. The SMILES string of the molecule is CC(=O)Nc1cc(NC(=O)CCC(=O)c2ccc3c(c2)OCCO3)ccc1F. The summed E-state index contributed by atoms with van der Waals surface area (Å²) in [6.45, 7) is 2.15. The first-order chi connectivity index (χ1) is 13.4. The monoisotopic (exact) mass is 386 g/mol. The van der Waals surface area contributed by atoms with Crippen molar-refractivity contribution in [1.29, 1.82) is 0 Å². The van der Waals surface area contributed by atoms with Crippen LogP contribution in [0.1, 0.15) is 30.1 Å². The Morgan fingerprint density at radius 3 is 2.46 bits per heavy atom. The van der Waals surface area contributed by atoms with Crippen molar-refractivity contribution in [2.45, 2.75) is 19.8 Å². The number of fused-ring (bicyclic) bond motifs is 1. The highest BCUT2D eigenvalue weighted by Crippen LogP contribution is 2.31. The highest BCUT2D eigenvalue weighted by Gasteiger charge is 2.16. The second-order valence-electron chi connectivity index (χ2n) is 6.21. The quantitative estimate of drug-likeness (QED) is 0.744. The van der Waals surface area contributed by atoms with Crippen molar-refractivity contribution in [1.82, 2.24) is 0 Å². The van der Waals surface area contributed by atoms with Crippen molar-refractivity contribution >= 4 is 29.0 Å². The second kappa shape index (κ2) is 8.51. The number of anilines is 2. The van der Waals surface area contributed by atoms with Crippen molar-refractivity contribution in [2.75, 3.05) is 23.8 Å². The molecule has 0 bridgehead atoms. The van der Waals surface area contributed by atoms with E-state index in [4.69, 9.17) is 9.47 Å². The summed E-state index contributed by atoms with van der Waals surface area (Å²) in [4.78, 5) is 35.5. The maximum absolute atomic E-state index is 13.6. The van der Waals surface area contributed by atoms with Gasteiger partial charge >= 0.3 is 0 Å². The zero-order valence-electron chi connectivity index (χ0n) is 15.2. The molecule has 0 saturated heterocycles. The van der Waals surface area contributed by atoms with Crippen LogP contribution in [-0.4, -0.2) is 30.8 Å².